The number of amides is 1. The van der Waals surface area contributed by atoms with Crippen LogP contribution in [0.4, 0.5) is 0 Å². The van der Waals surface area contributed by atoms with Crippen LogP contribution in [0.3, 0.4) is 0 Å². The highest BCUT2D eigenvalue weighted by molar-refractivity contribution is 5.84. The second-order valence-corrected chi connectivity index (χ2v) is 9.78. The van der Waals surface area contributed by atoms with Gasteiger partial charge in [0.1, 0.15) is 6.04 Å². The van der Waals surface area contributed by atoms with Gasteiger partial charge in [-0.15, -0.1) is 0 Å². The van der Waals surface area contributed by atoms with Gasteiger partial charge in [0.2, 0.25) is 11.5 Å². The van der Waals surface area contributed by atoms with Gasteiger partial charge < -0.3 is 14.2 Å². The molecule has 0 spiro atoms. The molecule has 4 aromatic rings. The Kier molecular flexibility index (Phi) is 6.79. The Morgan fingerprint density at radius 3 is 2.03 bits per heavy atom. The smallest absolute Gasteiger partial charge is 0.246 e. The van der Waals surface area contributed by atoms with Gasteiger partial charge in [-0.1, -0.05) is 71.8 Å². The summed E-state index contributed by atoms with van der Waals surface area (Å²) in [5, 5.41) is 9.37. The van der Waals surface area contributed by atoms with E-state index in [0.717, 1.165) is 22.2 Å². The molecular formula is C30H34N4O2. The van der Waals surface area contributed by atoms with Crippen molar-refractivity contribution in [3.05, 3.63) is 101 Å². The molecule has 6 nitrogen and oxygen atoms in total. The predicted octanol–water partition coefficient (Wildman–Crippen LogP) is 4.79. The van der Waals surface area contributed by atoms with Crippen molar-refractivity contribution in [1.82, 2.24) is 14.0 Å². The zero-order chi connectivity index (χ0) is 25.2. The summed E-state index contributed by atoms with van der Waals surface area (Å²) in [6.07, 6.45) is 0.528. The van der Waals surface area contributed by atoms with Gasteiger partial charge in [-0.2, -0.15) is 0 Å². The number of aromatic nitrogens is 2. The van der Waals surface area contributed by atoms with E-state index in [4.69, 9.17) is 4.74 Å². The molecule has 0 bridgehead atoms. The lowest BCUT2D eigenvalue weighted by molar-refractivity contribution is -0.138. The molecule has 0 saturated carbocycles. The minimum absolute atomic E-state index is 0.0447. The van der Waals surface area contributed by atoms with Crippen LogP contribution >= 0.6 is 0 Å². The molecule has 5 rings (SSSR count). The van der Waals surface area contributed by atoms with Crippen LogP contribution in [0, 0.1) is 19.3 Å². The number of carbonyl (C=O) groups excluding carboxylic acids is 1. The van der Waals surface area contributed by atoms with Gasteiger partial charge in [0, 0.05) is 19.5 Å². The quantitative estimate of drug-likeness (QED) is 0.429. The van der Waals surface area contributed by atoms with E-state index in [1.165, 1.54) is 11.1 Å². The van der Waals surface area contributed by atoms with Crippen molar-refractivity contribution in [2.45, 2.75) is 39.3 Å². The average Bonchev–Trinajstić information content (AvgIpc) is 3.20. The normalized spacial score (nSPS) is 15.7. The van der Waals surface area contributed by atoms with Crippen LogP contribution in [0.5, 0.6) is 0 Å². The summed E-state index contributed by atoms with van der Waals surface area (Å²) in [7, 11) is 0. The number of fused-ring (bicyclic) bond motifs is 1. The summed E-state index contributed by atoms with van der Waals surface area (Å²) >= 11 is 0. The standard InChI is InChI=1S/C30H34N4O2/c1-21-8-12-24(13-9-21)20-28(29(35)32-16-18-36-19-17-32)34-27-7-5-4-6-26(27)33(30(34)31)23(3)25-14-10-22(2)11-15-25/h4-15,23,28,31H,16-20H2,1-3H3/t23?,28-/m0/s1. The summed E-state index contributed by atoms with van der Waals surface area (Å²) in [5.41, 5.74) is 6.81. The lowest BCUT2D eigenvalue weighted by Gasteiger charge is -2.31. The van der Waals surface area contributed by atoms with Gasteiger partial charge in [-0.25, -0.2) is 0 Å². The fraction of sp³-hybridized carbons (Fsp3) is 0.333. The predicted molar refractivity (Wildman–Crippen MR) is 142 cm³/mol. The molecule has 2 atom stereocenters. The van der Waals surface area contributed by atoms with Crippen molar-refractivity contribution in [2.24, 2.45) is 0 Å². The lowest BCUT2D eigenvalue weighted by atomic mass is 10.0. The number of hydrogen-bond donors (Lipinski definition) is 1. The number of para-hydroxylation sites is 2. The van der Waals surface area contributed by atoms with Crippen molar-refractivity contribution in [3.63, 3.8) is 0 Å². The van der Waals surface area contributed by atoms with Crippen LogP contribution in [-0.2, 0) is 16.0 Å². The van der Waals surface area contributed by atoms with Crippen molar-refractivity contribution in [2.75, 3.05) is 26.3 Å². The molecule has 2 heterocycles. The first-order valence-corrected chi connectivity index (χ1v) is 12.7. The Labute approximate surface area is 212 Å². The maximum Gasteiger partial charge on any atom is 0.246 e. The molecule has 1 aliphatic heterocycles. The summed E-state index contributed by atoms with van der Waals surface area (Å²) in [6, 6.07) is 24.3. The minimum Gasteiger partial charge on any atom is -0.378 e. The maximum atomic E-state index is 14.0. The highest BCUT2D eigenvalue weighted by Gasteiger charge is 2.31. The van der Waals surface area contributed by atoms with E-state index >= 15 is 0 Å². The van der Waals surface area contributed by atoms with Crippen LogP contribution in [0.15, 0.2) is 72.8 Å². The first-order valence-electron chi connectivity index (χ1n) is 12.7. The largest absolute Gasteiger partial charge is 0.378 e. The van der Waals surface area contributed by atoms with Gasteiger partial charge in [0.25, 0.3) is 0 Å². The molecular weight excluding hydrogens is 448 g/mol. The van der Waals surface area contributed by atoms with Crippen LogP contribution in [0.25, 0.3) is 11.0 Å². The molecule has 1 saturated heterocycles. The Balaban J connectivity index is 1.65. The van der Waals surface area contributed by atoms with Gasteiger partial charge in [-0.3, -0.25) is 14.8 Å². The Hall–Kier alpha value is -3.64. The van der Waals surface area contributed by atoms with E-state index in [1.54, 1.807) is 0 Å². The number of benzene rings is 3. The third kappa shape index (κ3) is 4.61. The van der Waals surface area contributed by atoms with Crippen molar-refractivity contribution >= 4 is 16.9 Å². The highest BCUT2D eigenvalue weighted by atomic mass is 16.5. The fourth-order valence-corrected chi connectivity index (χ4v) is 5.15. The second-order valence-electron chi connectivity index (χ2n) is 9.78. The van der Waals surface area contributed by atoms with Crippen molar-refractivity contribution < 1.29 is 9.53 Å². The third-order valence-electron chi connectivity index (χ3n) is 7.27. The van der Waals surface area contributed by atoms with Gasteiger partial charge in [0.15, 0.2) is 0 Å². The van der Waals surface area contributed by atoms with Crippen LogP contribution in [0.1, 0.15) is 41.3 Å². The first kappa shape index (κ1) is 24.1. The summed E-state index contributed by atoms with van der Waals surface area (Å²) in [5.74, 6) is 0.0447. The van der Waals surface area contributed by atoms with Crippen molar-refractivity contribution in [3.8, 4) is 0 Å². The highest BCUT2D eigenvalue weighted by Crippen LogP contribution is 2.27. The number of morpholine rings is 1. The number of carbonyl (C=O) groups is 1. The van der Waals surface area contributed by atoms with Gasteiger partial charge in [0.05, 0.1) is 30.3 Å². The summed E-state index contributed by atoms with van der Waals surface area (Å²) in [6.45, 7) is 8.53. The SMILES string of the molecule is Cc1ccc(C[C@@H](C(=O)N2CCOCC2)n2c(=N)n(C(C)c3ccc(C)cc3)c3ccccc32)cc1. The maximum absolute atomic E-state index is 14.0. The Bertz CT molecular complexity index is 1410. The topological polar surface area (TPSA) is 63.2 Å². The number of aryl methyl sites for hydroxylation is 2. The zero-order valence-electron chi connectivity index (χ0n) is 21.3. The fourth-order valence-electron chi connectivity index (χ4n) is 5.15. The molecule has 1 N–H and O–H groups in total. The van der Waals surface area contributed by atoms with E-state index in [9.17, 15) is 10.2 Å². The van der Waals surface area contributed by atoms with E-state index in [1.807, 2.05) is 27.7 Å². The van der Waals surface area contributed by atoms with Crippen LogP contribution < -0.4 is 5.62 Å². The van der Waals surface area contributed by atoms with Gasteiger partial charge >= 0.3 is 0 Å². The molecule has 6 heteroatoms. The average molecular weight is 483 g/mol. The monoisotopic (exact) mass is 482 g/mol. The molecule has 0 aliphatic carbocycles. The van der Waals surface area contributed by atoms with E-state index in [2.05, 4.69) is 79.9 Å². The molecule has 1 unspecified atom stereocenters. The molecule has 1 amide bonds. The van der Waals surface area contributed by atoms with E-state index < -0.39 is 6.04 Å². The van der Waals surface area contributed by atoms with Crippen LogP contribution in [-0.4, -0.2) is 46.2 Å². The molecule has 186 valence electrons. The van der Waals surface area contributed by atoms with E-state index in [0.29, 0.717) is 38.3 Å². The first-order chi connectivity index (χ1) is 17.4. The second kappa shape index (κ2) is 10.2. The lowest BCUT2D eigenvalue weighted by Crippen LogP contribution is -2.46. The molecule has 0 radical (unpaired) electrons. The molecule has 1 aromatic heterocycles. The molecule has 1 fully saturated rings. The summed E-state index contributed by atoms with van der Waals surface area (Å²) < 4.78 is 9.50. The zero-order valence-corrected chi connectivity index (χ0v) is 21.3. The number of nitrogens with zero attached hydrogens (tertiary/aromatic N) is 3. The molecule has 36 heavy (non-hydrogen) atoms. The Morgan fingerprint density at radius 2 is 1.42 bits per heavy atom. The van der Waals surface area contributed by atoms with E-state index in [-0.39, 0.29) is 11.9 Å². The minimum atomic E-state index is -0.519. The van der Waals surface area contributed by atoms with Gasteiger partial charge in [-0.05, 0) is 44.0 Å². The summed E-state index contributed by atoms with van der Waals surface area (Å²) in [4.78, 5) is 15.9. The third-order valence-corrected chi connectivity index (χ3v) is 7.27. The Morgan fingerprint density at radius 1 is 0.861 bits per heavy atom. The van der Waals surface area contributed by atoms with Crippen molar-refractivity contribution in [1.29, 1.82) is 5.41 Å². The number of hydrogen-bond acceptors (Lipinski definition) is 3. The molecule has 3 aromatic carbocycles. The number of nitrogens with one attached hydrogen (secondary N) is 1. The molecule has 1 aliphatic rings. The van der Waals surface area contributed by atoms with Crippen LogP contribution in [0.2, 0.25) is 0 Å². The number of rotatable bonds is 6. The number of ether oxygens (including phenoxy) is 1. The number of imidazole rings is 1.